The molecule has 54 heavy (non-hydrogen) atoms. The average molecular weight is 813 g/mol. The summed E-state index contributed by atoms with van der Waals surface area (Å²) in [5.74, 6) is -27.3. The molecule has 276 valence electrons. The van der Waals surface area contributed by atoms with Crippen LogP contribution >= 0.6 is 23.5 Å². The van der Waals surface area contributed by atoms with E-state index in [0.29, 0.717) is 0 Å². The number of nitriles is 2. The van der Waals surface area contributed by atoms with E-state index in [1.165, 1.54) is 12.1 Å². The van der Waals surface area contributed by atoms with Gasteiger partial charge in [0.1, 0.15) is 42.5 Å². The van der Waals surface area contributed by atoms with Crippen LogP contribution in [0.15, 0.2) is 32.3 Å². The molecule has 22 heteroatoms. The molecule has 0 fully saturated rings. The number of halogens is 16. The summed E-state index contributed by atoms with van der Waals surface area (Å²) in [7, 11) is 0. The number of rotatable bonds is 4. The summed E-state index contributed by atoms with van der Waals surface area (Å²) in [5.41, 5.74) is -24.8. The minimum atomic E-state index is -5.59. The highest BCUT2D eigenvalue weighted by molar-refractivity contribution is 8.00. The zero-order valence-corrected chi connectivity index (χ0v) is 26.7. The van der Waals surface area contributed by atoms with Crippen LogP contribution in [0.1, 0.15) is 11.1 Å². The highest BCUT2D eigenvalue weighted by atomic mass is 32.2. The molecule has 3 aromatic carbocycles. The first-order valence-electron chi connectivity index (χ1n) is 13.6. The second kappa shape index (κ2) is 13.7. The summed E-state index contributed by atoms with van der Waals surface area (Å²) in [6, 6.07) is 2.34. The molecule has 2 aliphatic carbocycles. The summed E-state index contributed by atoms with van der Waals surface area (Å²) in [6.45, 7) is 14.4. The SMILES string of the molecule is [C-]#[N+]C([N+]#[C-])=C1Cc2c(-c3c(F)c(F)c(SC(F)(F)F)c(F)c3F)c3c(c(-c4c(F)c(F)c(SC(F)(F)F)c(F)c4F)c2=C1F)CC(=C(C#N)C#N)C=3F. The zero-order chi connectivity index (χ0) is 40.5. The van der Waals surface area contributed by atoms with Crippen molar-refractivity contribution in [2.45, 2.75) is 33.6 Å². The summed E-state index contributed by atoms with van der Waals surface area (Å²) in [6.07, 6.45) is -2.83. The molecule has 5 rings (SSSR count). The molecule has 4 nitrogen and oxygen atoms in total. The zero-order valence-electron chi connectivity index (χ0n) is 25.1. The molecular formula is C32H4F16N4S2. The van der Waals surface area contributed by atoms with Gasteiger partial charge in [-0.2, -0.15) is 46.6 Å². The van der Waals surface area contributed by atoms with Crippen molar-refractivity contribution in [3.05, 3.63) is 113 Å². The van der Waals surface area contributed by atoms with E-state index < -0.39 is 182 Å². The largest absolute Gasteiger partial charge is 0.525 e. The number of alkyl halides is 6. The third-order valence-electron chi connectivity index (χ3n) is 7.77. The monoisotopic (exact) mass is 812 g/mol. The van der Waals surface area contributed by atoms with Crippen LogP contribution in [0.3, 0.4) is 0 Å². The van der Waals surface area contributed by atoms with Gasteiger partial charge in [-0.3, -0.25) is 0 Å². The Morgan fingerprint density at radius 1 is 0.519 bits per heavy atom. The highest BCUT2D eigenvalue weighted by Crippen LogP contribution is 2.48. The second-order valence-corrected chi connectivity index (χ2v) is 12.7. The molecule has 0 aromatic heterocycles. The molecule has 0 radical (unpaired) electrons. The third-order valence-corrected chi connectivity index (χ3v) is 9.36. The van der Waals surface area contributed by atoms with Gasteiger partial charge in [-0.15, -0.1) is 0 Å². The van der Waals surface area contributed by atoms with Crippen molar-refractivity contribution < 1.29 is 70.2 Å². The number of hydrogen-bond donors (Lipinski definition) is 0. The van der Waals surface area contributed by atoms with E-state index in [9.17, 15) is 36.9 Å². The van der Waals surface area contributed by atoms with E-state index in [4.69, 9.17) is 13.1 Å². The van der Waals surface area contributed by atoms with Crippen LogP contribution in [0.25, 0.3) is 43.6 Å². The molecule has 0 amide bonds. The number of fused-ring (bicyclic) bond motifs is 2. The Bertz CT molecular complexity index is 2360. The molecule has 2 aliphatic rings. The molecule has 0 heterocycles. The molecule has 0 bridgehead atoms. The fourth-order valence-corrected chi connectivity index (χ4v) is 7.00. The van der Waals surface area contributed by atoms with Gasteiger partial charge in [-0.1, -0.05) is 0 Å². The Morgan fingerprint density at radius 2 is 0.833 bits per heavy atom. The molecule has 0 aliphatic heterocycles. The van der Waals surface area contributed by atoms with E-state index >= 15 is 43.9 Å². The Kier molecular flexibility index (Phi) is 10.0. The number of benzene rings is 3. The number of nitrogens with zero attached hydrogens (tertiary/aromatic N) is 4. The molecule has 0 unspecified atom stereocenters. The fraction of sp³-hybridized carbons (Fsp3) is 0.125. The van der Waals surface area contributed by atoms with E-state index in [0.717, 1.165) is 0 Å². The van der Waals surface area contributed by atoms with Gasteiger partial charge in [0.05, 0.1) is 26.5 Å². The fourth-order valence-electron chi connectivity index (χ4n) is 5.82. The van der Waals surface area contributed by atoms with Gasteiger partial charge in [0.15, 0.2) is 46.5 Å². The molecular weight excluding hydrogens is 808 g/mol. The Morgan fingerprint density at radius 3 is 1.13 bits per heavy atom. The minimum absolute atomic E-state index is 1.16. The predicted octanol–water partition coefficient (Wildman–Crippen LogP) is 10.0. The molecule has 0 saturated carbocycles. The summed E-state index contributed by atoms with van der Waals surface area (Å²) < 4.78 is 235. The van der Waals surface area contributed by atoms with E-state index in [2.05, 4.69) is 9.69 Å². The molecule has 0 spiro atoms. The standard InChI is InChI=1S/C32H4F16N4S2/c1-51-30(52-2)11-4-10-13(17-22(37)26(41)29(27(42)23(17)38)54-32(46,47)48)14-9(3-8(18(14)33)7(5-49)6-50)12(15(10)19(11)34)16-20(35)24(39)28(25(40)21(16)36)53-31(43,44)45/h3-4H2. The first kappa shape index (κ1) is 39.6. The molecule has 0 saturated heterocycles. The normalized spacial score (nSPS) is 13.7. The number of allylic oxidation sites excluding steroid dienone is 3. The van der Waals surface area contributed by atoms with Crippen molar-refractivity contribution in [2.24, 2.45) is 0 Å². The van der Waals surface area contributed by atoms with Gasteiger partial charge in [0.2, 0.25) is 0 Å². The van der Waals surface area contributed by atoms with Gasteiger partial charge < -0.3 is 0 Å². The van der Waals surface area contributed by atoms with Crippen molar-refractivity contribution in [1.82, 2.24) is 0 Å². The summed E-state index contributed by atoms with van der Waals surface area (Å²) in [5, 5.41) is 15.8. The van der Waals surface area contributed by atoms with Gasteiger partial charge in [0, 0.05) is 40.0 Å². The van der Waals surface area contributed by atoms with Crippen molar-refractivity contribution in [2.75, 3.05) is 0 Å². The maximum Gasteiger partial charge on any atom is 0.525 e. The Hall–Kier alpha value is -5.58. The maximum absolute atomic E-state index is 16.5. The maximum atomic E-state index is 16.5. The van der Waals surface area contributed by atoms with E-state index in [1.54, 1.807) is 0 Å². The van der Waals surface area contributed by atoms with Crippen LogP contribution < -0.4 is 10.4 Å². The topological polar surface area (TPSA) is 56.3 Å². The van der Waals surface area contributed by atoms with Crippen LogP contribution in [0.5, 0.6) is 0 Å². The predicted molar refractivity (Wildman–Crippen MR) is 155 cm³/mol. The van der Waals surface area contributed by atoms with Crippen molar-refractivity contribution in [3.8, 4) is 34.4 Å². The van der Waals surface area contributed by atoms with Crippen LogP contribution in [0, 0.1) is 82.3 Å². The lowest BCUT2D eigenvalue weighted by Crippen LogP contribution is -2.26. The van der Waals surface area contributed by atoms with Crippen LogP contribution in [0.4, 0.5) is 70.2 Å². The molecule has 3 aromatic rings. The number of hydrogen-bond acceptors (Lipinski definition) is 4. The quantitative estimate of drug-likeness (QED) is 0.0866. The second-order valence-electron chi connectivity index (χ2n) is 10.6. The van der Waals surface area contributed by atoms with Crippen LogP contribution in [0.2, 0.25) is 0 Å². The van der Waals surface area contributed by atoms with Crippen molar-refractivity contribution >= 4 is 35.2 Å². The first-order valence-corrected chi connectivity index (χ1v) is 15.2. The summed E-state index contributed by atoms with van der Waals surface area (Å²) >= 11 is -3.37. The average Bonchev–Trinajstić information content (AvgIpc) is 3.61. The number of thioether (sulfide) groups is 2. The first-order chi connectivity index (χ1) is 25.1. The van der Waals surface area contributed by atoms with E-state index in [-0.39, 0.29) is 0 Å². The summed E-state index contributed by atoms with van der Waals surface area (Å²) in [4.78, 5) is 0.729. The van der Waals surface area contributed by atoms with Crippen molar-refractivity contribution in [3.63, 3.8) is 0 Å². The third kappa shape index (κ3) is 6.19. The highest BCUT2D eigenvalue weighted by Gasteiger charge is 2.43. The lowest BCUT2D eigenvalue weighted by Gasteiger charge is -2.20. The lowest BCUT2D eigenvalue weighted by molar-refractivity contribution is -0.0339. The minimum Gasteiger partial charge on any atom is -0.207 e. The van der Waals surface area contributed by atoms with E-state index in [1.807, 2.05) is 0 Å². The molecule has 0 N–H and O–H groups in total. The Balaban J connectivity index is 2.16. The van der Waals surface area contributed by atoms with Gasteiger partial charge in [0.25, 0.3) is 0 Å². The van der Waals surface area contributed by atoms with Gasteiger partial charge >= 0.3 is 16.8 Å². The smallest absolute Gasteiger partial charge is 0.207 e. The van der Waals surface area contributed by atoms with Crippen molar-refractivity contribution in [1.29, 1.82) is 10.5 Å². The Labute approximate surface area is 297 Å². The van der Waals surface area contributed by atoms with Crippen LogP contribution in [-0.2, 0) is 12.8 Å². The molecule has 0 atom stereocenters. The lowest BCUT2D eigenvalue weighted by atomic mass is 9.86. The van der Waals surface area contributed by atoms with Crippen LogP contribution in [-0.4, -0.2) is 11.0 Å². The van der Waals surface area contributed by atoms with Gasteiger partial charge in [-0.05, 0) is 34.7 Å². The van der Waals surface area contributed by atoms with Gasteiger partial charge in [-0.25, -0.2) is 43.9 Å².